The molecule has 3 aromatic rings. The fraction of sp³-hybridized carbons (Fsp3) is 0.552. The largest absolute Gasteiger partial charge is 0.490 e. The van der Waals surface area contributed by atoms with Gasteiger partial charge in [0.2, 0.25) is 0 Å². The van der Waals surface area contributed by atoms with Crippen LogP contribution >= 0.6 is 11.3 Å². The lowest BCUT2D eigenvalue weighted by atomic mass is 9.86. The van der Waals surface area contributed by atoms with Gasteiger partial charge in [0.05, 0.1) is 22.2 Å². The Bertz CT molecular complexity index is 1270. The summed E-state index contributed by atoms with van der Waals surface area (Å²) < 4.78 is 6.29. The van der Waals surface area contributed by atoms with Gasteiger partial charge in [0.1, 0.15) is 0 Å². The van der Waals surface area contributed by atoms with Crippen LogP contribution in [0.25, 0.3) is 10.2 Å². The molecule has 2 aromatic carbocycles. The van der Waals surface area contributed by atoms with Crippen molar-refractivity contribution in [1.82, 2.24) is 15.2 Å². The summed E-state index contributed by atoms with van der Waals surface area (Å²) >= 11 is 1.27. The molecule has 38 heavy (non-hydrogen) atoms. The summed E-state index contributed by atoms with van der Waals surface area (Å²) in [5.74, 6) is 0.365. The van der Waals surface area contributed by atoms with E-state index in [1.165, 1.54) is 55.3 Å². The summed E-state index contributed by atoms with van der Waals surface area (Å²) in [7, 11) is 1.50. The molecule has 206 valence electrons. The highest BCUT2D eigenvalue weighted by Crippen LogP contribution is 2.35. The molecule has 2 N–H and O–H groups in total. The Morgan fingerprint density at radius 1 is 1.13 bits per heavy atom. The maximum Gasteiger partial charge on any atom is 0.311 e. The van der Waals surface area contributed by atoms with Crippen LogP contribution in [0.2, 0.25) is 0 Å². The highest BCUT2D eigenvalue weighted by Gasteiger charge is 2.27. The molecule has 0 radical (unpaired) electrons. The maximum atomic E-state index is 11.5. The lowest BCUT2D eigenvalue weighted by Gasteiger charge is -2.35. The van der Waals surface area contributed by atoms with Crippen LogP contribution in [0.1, 0.15) is 62.1 Å². The molecule has 0 fully saturated rings. The number of benzene rings is 2. The number of hydrogen-bond donors (Lipinski definition) is 2. The summed E-state index contributed by atoms with van der Waals surface area (Å²) in [6.07, 6.45) is 9.79. The van der Waals surface area contributed by atoms with E-state index in [0.717, 1.165) is 74.1 Å². The van der Waals surface area contributed by atoms with Gasteiger partial charge in [-0.3, -0.25) is 14.9 Å². The van der Waals surface area contributed by atoms with Gasteiger partial charge in [0, 0.05) is 12.1 Å². The third-order valence-electron chi connectivity index (χ3n) is 7.55. The van der Waals surface area contributed by atoms with Crippen LogP contribution in [0.5, 0.6) is 5.75 Å². The van der Waals surface area contributed by atoms with E-state index in [4.69, 9.17) is 4.74 Å². The number of aryl methyl sites for hydroxylation is 1. The molecule has 1 aliphatic rings. The van der Waals surface area contributed by atoms with Crippen LogP contribution in [0.3, 0.4) is 0 Å². The lowest BCUT2D eigenvalue weighted by molar-refractivity contribution is -0.385. The predicted octanol–water partition coefficient (Wildman–Crippen LogP) is 5.47. The predicted molar refractivity (Wildman–Crippen MR) is 155 cm³/mol. The van der Waals surface area contributed by atoms with Crippen molar-refractivity contribution >= 4 is 27.2 Å². The van der Waals surface area contributed by atoms with E-state index in [9.17, 15) is 14.9 Å². The van der Waals surface area contributed by atoms with E-state index in [-0.39, 0.29) is 15.5 Å². The van der Waals surface area contributed by atoms with E-state index in [2.05, 4.69) is 34.3 Å². The van der Waals surface area contributed by atoms with Crippen LogP contribution in [0, 0.1) is 10.1 Å². The molecule has 1 heterocycles. The van der Waals surface area contributed by atoms with Gasteiger partial charge in [-0.2, -0.15) is 0 Å². The van der Waals surface area contributed by atoms with Crippen LogP contribution in [-0.4, -0.2) is 54.1 Å². The molecule has 0 amide bonds. The number of nitro benzene ring substituents is 1. The van der Waals surface area contributed by atoms with Crippen LogP contribution in [-0.2, 0) is 19.3 Å². The Balaban J connectivity index is 1.15. The van der Waals surface area contributed by atoms with Crippen molar-refractivity contribution < 1.29 is 9.66 Å². The van der Waals surface area contributed by atoms with E-state index >= 15 is 0 Å². The van der Waals surface area contributed by atoms with Crippen molar-refractivity contribution in [3.8, 4) is 5.75 Å². The molecule has 0 aliphatic heterocycles. The average molecular weight is 541 g/mol. The van der Waals surface area contributed by atoms with Gasteiger partial charge in [0.15, 0.2) is 5.75 Å². The summed E-state index contributed by atoms with van der Waals surface area (Å²) in [4.78, 5) is 28.1. The number of aromatic amines is 1. The summed E-state index contributed by atoms with van der Waals surface area (Å²) in [6, 6.07) is 10.3. The number of methoxy groups -OCH3 is 1. The molecule has 1 aliphatic carbocycles. The van der Waals surface area contributed by atoms with Gasteiger partial charge in [-0.1, -0.05) is 37.2 Å². The number of H-pyrrole nitrogens is 1. The number of aromatic nitrogens is 1. The summed E-state index contributed by atoms with van der Waals surface area (Å²) in [5.41, 5.74) is 4.55. The van der Waals surface area contributed by atoms with Gasteiger partial charge >= 0.3 is 10.6 Å². The molecular weight excluding hydrogens is 500 g/mol. The third kappa shape index (κ3) is 7.42. The molecule has 9 heteroatoms. The number of fused-ring (bicyclic) bond motifs is 2. The minimum absolute atomic E-state index is 0.00416. The van der Waals surface area contributed by atoms with Crippen LogP contribution < -0.4 is 14.9 Å². The average Bonchev–Trinajstić information content (AvgIpc) is 3.29. The van der Waals surface area contributed by atoms with E-state index in [1.54, 1.807) is 6.07 Å². The zero-order valence-electron chi connectivity index (χ0n) is 22.6. The Labute approximate surface area is 228 Å². The molecular formula is C29H40N4O4S. The molecule has 0 spiro atoms. The fourth-order valence-corrected chi connectivity index (χ4v) is 6.36. The topological polar surface area (TPSA) is 100 Å². The number of nitrogens with zero attached hydrogens (tertiary/aromatic N) is 2. The van der Waals surface area contributed by atoms with Gasteiger partial charge in [-0.25, -0.2) is 0 Å². The number of thiazole rings is 1. The second kappa shape index (κ2) is 13.9. The quantitative estimate of drug-likeness (QED) is 0.151. The van der Waals surface area contributed by atoms with Gasteiger partial charge < -0.3 is 19.9 Å². The Kier molecular flexibility index (Phi) is 10.3. The lowest BCUT2D eigenvalue weighted by Crippen LogP contribution is -2.40. The van der Waals surface area contributed by atoms with E-state index in [0.29, 0.717) is 11.8 Å². The minimum Gasteiger partial charge on any atom is -0.490 e. The molecule has 0 saturated heterocycles. The van der Waals surface area contributed by atoms with Crippen molar-refractivity contribution in [3.05, 3.63) is 66.8 Å². The first-order valence-electron chi connectivity index (χ1n) is 13.9. The highest BCUT2D eigenvalue weighted by atomic mass is 32.1. The second-order valence-corrected chi connectivity index (χ2v) is 11.3. The maximum absolute atomic E-state index is 11.5. The number of ether oxygens (including phenoxy) is 1. The van der Waals surface area contributed by atoms with Crippen molar-refractivity contribution in [1.29, 1.82) is 0 Å². The molecule has 1 atom stereocenters. The highest BCUT2D eigenvalue weighted by molar-refractivity contribution is 7.16. The number of unbranched alkanes of at least 4 members (excludes halogenated alkanes) is 3. The minimum atomic E-state index is -0.339. The van der Waals surface area contributed by atoms with Crippen LogP contribution in [0.15, 0.2) is 35.1 Å². The zero-order valence-corrected chi connectivity index (χ0v) is 23.4. The van der Waals surface area contributed by atoms with Crippen LogP contribution in [0.4, 0.5) is 5.69 Å². The molecule has 0 saturated carbocycles. The molecule has 1 unspecified atom stereocenters. The standard InChI is InChI=1S/C29H40N4O4S/c1-3-15-32(24-10-9-22-20-27(37-2)26(33(35)36)19-23(22)18-24)16-7-5-4-6-13-30-14-12-21-8-11-25-28(17-21)38-29(34)31-25/h8,11,17,19-20,24,30H,3-7,9-10,12-16,18H2,1-2H3,(H,31,34). The second-order valence-electron chi connectivity index (χ2n) is 10.2. The first-order valence-corrected chi connectivity index (χ1v) is 14.7. The number of rotatable bonds is 15. The first-order chi connectivity index (χ1) is 18.5. The van der Waals surface area contributed by atoms with Crippen molar-refractivity contribution in [2.24, 2.45) is 0 Å². The first kappa shape index (κ1) is 28.3. The smallest absolute Gasteiger partial charge is 0.311 e. The number of nitrogens with one attached hydrogen (secondary N) is 2. The third-order valence-corrected chi connectivity index (χ3v) is 8.40. The van der Waals surface area contributed by atoms with E-state index in [1.807, 2.05) is 12.1 Å². The summed E-state index contributed by atoms with van der Waals surface area (Å²) in [6.45, 7) is 6.37. The number of nitro groups is 1. The van der Waals surface area contributed by atoms with E-state index < -0.39 is 0 Å². The Hall–Kier alpha value is -2.75. The Morgan fingerprint density at radius 3 is 2.76 bits per heavy atom. The van der Waals surface area contributed by atoms with Crippen molar-refractivity contribution in [2.45, 2.75) is 70.8 Å². The molecule has 0 bridgehead atoms. The summed E-state index contributed by atoms with van der Waals surface area (Å²) in [5, 5.41) is 15.0. The zero-order chi connectivity index (χ0) is 26.9. The normalized spacial score (nSPS) is 15.2. The van der Waals surface area contributed by atoms with Crippen molar-refractivity contribution in [2.75, 3.05) is 33.3 Å². The SMILES string of the molecule is CCCN(CCCCCCNCCc1ccc2[nH]c(=O)sc2c1)C1CCc2cc(OC)c([N+](=O)[O-])cc2C1. The molecule has 4 rings (SSSR count). The molecule has 8 nitrogen and oxygen atoms in total. The fourth-order valence-electron chi connectivity index (χ4n) is 5.56. The van der Waals surface area contributed by atoms with Gasteiger partial charge in [-0.15, -0.1) is 0 Å². The Morgan fingerprint density at radius 2 is 1.97 bits per heavy atom. The molecule has 1 aromatic heterocycles. The monoisotopic (exact) mass is 540 g/mol. The van der Waals surface area contributed by atoms with Gasteiger partial charge in [-0.05, 0) is 106 Å². The van der Waals surface area contributed by atoms with Gasteiger partial charge in [0.25, 0.3) is 0 Å². The number of hydrogen-bond acceptors (Lipinski definition) is 7. The van der Waals surface area contributed by atoms with Crippen molar-refractivity contribution in [3.63, 3.8) is 0 Å².